The predicted molar refractivity (Wildman–Crippen MR) is 76.5 cm³/mol. The van der Waals surface area contributed by atoms with Gasteiger partial charge in [-0.2, -0.15) is 8.42 Å². The predicted octanol–water partition coefficient (Wildman–Crippen LogP) is 2.10. The molecule has 0 fully saturated rings. The van der Waals surface area contributed by atoms with Gasteiger partial charge < -0.3 is 14.9 Å². The average molecular weight is 338 g/mol. The molecule has 21 heavy (non-hydrogen) atoms. The Labute approximate surface area is 123 Å². The Morgan fingerprint density at radius 2 is 1.76 bits per heavy atom. The van der Waals surface area contributed by atoms with Crippen molar-refractivity contribution in [3.8, 4) is 5.75 Å². The van der Waals surface area contributed by atoms with Gasteiger partial charge >= 0.3 is 17.7 Å². The van der Waals surface area contributed by atoms with Crippen LogP contribution in [-0.4, -0.2) is 28.7 Å². The maximum Gasteiger partial charge on any atom is 0.358 e. The minimum atomic E-state index is -4.83. The van der Waals surface area contributed by atoms with Crippen LogP contribution in [-0.2, 0) is 18.9 Å². The van der Waals surface area contributed by atoms with Gasteiger partial charge in [-0.25, -0.2) is 4.18 Å². The maximum absolute atomic E-state index is 12.3. The van der Waals surface area contributed by atoms with Gasteiger partial charge in [0.2, 0.25) is 0 Å². The highest BCUT2D eigenvalue weighted by Crippen LogP contribution is 2.56. The van der Waals surface area contributed by atoms with Crippen LogP contribution in [0.15, 0.2) is 23.1 Å². The lowest BCUT2D eigenvalue weighted by molar-refractivity contribution is 0.115. The summed E-state index contributed by atoms with van der Waals surface area (Å²) in [5.74, 6) is -0.496. The molecule has 120 valence electrons. The lowest BCUT2D eigenvalue weighted by atomic mass is 10.2. The van der Waals surface area contributed by atoms with Gasteiger partial charge in [0.25, 0.3) is 0 Å². The van der Waals surface area contributed by atoms with Crippen molar-refractivity contribution in [2.75, 3.05) is 0 Å². The average Bonchev–Trinajstić information content (AvgIpc) is 2.37. The lowest BCUT2D eigenvalue weighted by Crippen LogP contribution is -2.33. The molecule has 0 heterocycles. The molecule has 0 aliphatic heterocycles. The van der Waals surface area contributed by atoms with Crippen molar-refractivity contribution in [3.05, 3.63) is 23.8 Å². The third-order valence-electron chi connectivity index (χ3n) is 3.37. The van der Waals surface area contributed by atoms with E-state index in [1.165, 1.54) is 32.9 Å². The number of phenols is 1. The summed E-state index contributed by atoms with van der Waals surface area (Å²) in [6.45, 7) is 4.35. The molecule has 0 saturated heterocycles. The Balaban J connectivity index is 3.38. The van der Waals surface area contributed by atoms with Crippen LogP contribution in [0.1, 0.15) is 32.3 Å². The summed E-state index contributed by atoms with van der Waals surface area (Å²) in [4.78, 5) is 18.3. The van der Waals surface area contributed by atoms with E-state index in [-0.39, 0.29) is 12.8 Å². The van der Waals surface area contributed by atoms with E-state index < -0.39 is 33.7 Å². The Morgan fingerprint density at radius 3 is 2.19 bits per heavy atom. The molecule has 1 aromatic rings. The summed E-state index contributed by atoms with van der Waals surface area (Å²) in [6, 6.07) is 4.03. The first-order valence-corrected chi connectivity index (χ1v) is 9.32. The Kier molecular flexibility index (Phi) is 5.23. The number of hydrogen-bond acceptors (Lipinski definition) is 5. The normalized spacial score (nSPS) is 13.4. The van der Waals surface area contributed by atoms with E-state index in [1.54, 1.807) is 0 Å². The minimum Gasteiger partial charge on any atom is -0.506 e. The zero-order valence-corrected chi connectivity index (χ0v) is 13.7. The van der Waals surface area contributed by atoms with Gasteiger partial charge in [-0.15, -0.1) is 0 Å². The molecule has 0 aliphatic rings. The number of phenolic OH excluding ortho intramolecular Hbond substituents is 1. The molecule has 0 unspecified atom stereocenters. The first kappa shape index (κ1) is 18.1. The minimum absolute atomic E-state index is 0.195. The Morgan fingerprint density at radius 1 is 1.24 bits per heavy atom. The molecule has 1 rings (SSSR count). The first-order valence-electron chi connectivity index (χ1n) is 6.30. The number of rotatable bonds is 6. The number of para-hydroxylation sites is 1. The summed E-state index contributed by atoms with van der Waals surface area (Å²) >= 11 is 0. The first-order chi connectivity index (χ1) is 9.50. The van der Waals surface area contributed by atoms with Crippen LogP contribution >= 0.6 is 7.60 Å². The van der Waals surface area contributed by atoms with Crippen molar-refractivity contribution >= 4 is 17.7 Å². The number of hydrogen-bond donors (Lipinski definition) is 3. The number of aromatic hydroxyl groups is 1. The van der Waals surface area contributed by atoms with Gasteiger partial charge in [0.1, 0.15) is 10.6 Å². The topological polar surface area (TPSA) is 121 Å². The molecule has 0 spiro atoms. The second-order valence-corrected chi connectivity index (χ2v) is 8.07. The highest BCUT2D eigenvalue weighted by molar-refractivity contribution is 7.87. The van der Waals surface area contributed by atoms with E-state index in [4.69, 9.17) is 4.18 Å². The second-order valence-electron chi connectivity index (χ2n) is 4.66. The van der Waals surface area contributed by atoms with Gasteiger partial charge in [0, 0.05) is 0 Å². The third-order valence-corrected chi connectivity index (χ3v) is 6.69. The fourth-order valence-electron chi connectivity index (χ4n) is 1.91. The number of aryl methyl sites for hydroxylation is 1. The largest absolute Gasteiger partial charge is 0.506 e. The molecule has 9 heteroatoms. The fourth-order valence-corrected chi connectivity index (χ4v) is 4.79. The SMILES string of the molecule is CCC(CC)(OS(=O)(=O)c1cccc(C)c1O)P(=O)(O)O. The van der Waals surface area contributed by atoms with Gasteiger partial charge in [-0.1, -0.05) is 26.0 Å². The molecule has 0 atom stereocenters. The van der Waals surface area contributed by atoms with Crippen LogP contribution in [0, 0.1) is 6.92 Å². The van der Waals surface area contributed by atoms with Crippen molar-refractivity contribution in [2.24, 2.45) is 0 Å². The van der Waals surface area contributed by atoms with E-state index in [1.807, 2.05) is 0 Å². The third kappa shape index (κ3) is 3.46. The van der Waals surface area contributed by atoms with Crippen molar-refractivity contribution in [3.63, 3.8) is 0 Å². The molecular formula is C12H19O7PS. The van der Waals surface area contributed by atoms with Crippen LogP contribution in [0.2, 0.25) is 0 Å². The summed E-state index contributed by atoms with van der Waals surface area (Å²) in [5.41, 5.74) is 0.314. The monoisotopic (exact) mass is 338 g/mol. The molecule has 0 radical (unpaired) electrons. The smallest absolute Gasteiger partial charge is 0.358 e. The van der Waals surface area contributed by atoms with Gasteiger partial charge in [-0.3, -0.25) is 4.57 Å². The fraction of sp³-hybridized carbons (Fsp3) is 0.500. The molecule has 0 aliphatic carbocycles. The maximum atomic E-state index is 12.3. The second kappa shape index (κ2) is 6.06. The number of benzene rings is 1. The molecule has 3 N–H and O–H groups in total. The zero-order valence-electron chi connectivity index (χ0n) is 12.0. The molecule has 0 saturated carbocycles. The zero-order chi connectivity index (χ0) is 16.5. The quantitative estimate of drug-likeness (QED) is 0.536. The Bertz CT molecular complexity index is 658. The highest BCUT2D eigenvalue weighted by atomic mass is 32.2. The van der Waals surface area contributed by atoms with E-state index in [0.717, 1.165) is 6.07 Å². The molecule has 0 amide bonds. The lowest BCUT2D eigenvalue weighted by Gasteiger charge is -2.31. The van der Waals surface area contributed by atoms with Crippen LogP contribution < -0.4 is 0 Å². The van der Waals surface area contributed by atoms with Crippen molar-refractivity contribution in [2.45, 2.75) is 43.9 Å². The van der Waals surface area contributed by atoms with Crippen LogP contribution in [0.25, 0.3) is 0 Å². The molecule has 7 nitrogen and oxygen atoms in total. The van der Waals surface area contributed by atoms with Gasteiger partial charge in [-0.05, 0) is 31.4 Å². The van der Waals surface area contributed by atoms with Crippen LogP contribution in [0.4, 0.5) is 0 Å². The summed E-state index contributed by atoms with van der Waals surface area (Å²) < 4.78 is 41.0. The standard InChI is InChI=1S/C12H19O7PS/c1-4-12(5-2,20(14,15)16)19-21(17,18)10-8-6-7-9(3)11(10)13/h6-8,13H,4-5H2,1-3H3,(H2,14,15,16). The summed E-state index contributed by atoms with van der Waals surface area (Å²) in [6.07, 6.45) is -0.390. The van der Waals surface area contributed by atoms with Crippen LogP contribution in [0.3, 0.4) is 0 Å². The highest BCUT2D eigenvalue weighted by Gasteiger charge is 2.49. The van der Waals surface area contributed by atoms with E-state index in [9.17, 15) is 27.9 Å². The Hall–Kier alpha value is -0.920. The molecule has 1 aromatic carbocycles. The summed E-state index contributed by atoms with van der Waals surface area (Å²) in [7, 11) is -9.35. The van der Waals surface area contributed by atoms with Crippen molar-refractivity contribution in [1.82, 2.24) is 0 Å². The van der Waals surface area contributed by atoms with E-state index >= 15 is 0 Å². The van der Waals surface area contributed by atoms with Gasteiger partial charge in [0.05, 0.1) is 0 Å². The molecular weight excluding hydrogens is 319 g/mol. The molecule has 0 bridgehead atoms. The summed E-state index contributed by atoms with van der Waals surface area (Å²) in [5, 5.41) is 7.69. The van der Waals surface area contributed by atoms with E-state index in [2.05, 4.69) is 0 Å². The van der Waals surface area contributed by atoms with E-state index in [0.29, 0.717) is 5.56 Å². The van der Waals surface area contributed by atoms with Crippen molar-refractivity contribution in [1.29, 1.82) is 0 Å². The van der Waals surface area contributed by atoms with Crippen LogP contribution in [0.5, 0.6) is 5.75 Å². The van der Waals surface area contributed by atoms with Crippen molar-refractivity contribution < 1.29 is 32.1 Å². The molecule has 0 aromatic heterocycles. The van der Waals surface area contributed by atoms with Gasteiger partial charge in [0.15, 0.2) is 5.34 Å².